The molecule has 1 unspecified atom stereocenters. The lowest BCUT2D eigenvalue weighted by molar-refractivity contribution is -0.134. The van der Waals surface area contributed by atoms with E-state index in [0.717, 1.165) is 17.5 Å². The first-order valence-electron chi connectivity index (χ1n) is 7.25. The van der Waals surface area contributed by atoms with Crippen LogP contribution in [-0.4, -0.2) is 41.5 Å². The van der Waals surface area contributed by atoms with Crippen LogP contribution in [0.3, 0.4) is 0 Å². The van der Waals surface area contributed by atoms with Gasteiger partial charge in [0.1, 0.15) is 11.3 Å². The smallest absolute Gasteiger partial charge is 0.339 e. The molecule has 1 N–H and O–H groups in total. The van der Waals surface area contributed by atoms with Gasteiger partial charge in [-0.25, -0.2) is 4.79 Å². The number of rotatable bonds is 2. The Morgan fingerprint density at radius 1 is 1.43 bits per heavy atom. The van der Waals surface area contributed by atoms with Gasteiger partial charge in [-0.05, 0) is 37.1 Å². The standard InChI is InChI=1S/C17H16ClNO4/c1-9-5-10-6-16(23-2)13(18)7-12(10)14-8-15(20)11(17(21)22)3-4-19(9)14/h3,6-9H,4-5H2,1-2H3,(H,21,22). The van der Waals surface area contributed by atoms with Crippen LogP contribution in [0.4, 0.5) is 0 Å². The Labute approximate surface area is 138 Å². The van der Waals surface area contributed by atoms with Gasteiger partial charge < -0.3 is 14.7 Å². The fraction of sp³-hybridized carbons (Fsp3) is 0.294. The second kappa shape index (κ2) is 5.74. The molecule has 0 amide bonds. The quantitative estimate of drug-likeness (QED) is 0.842. The van der Waals surface area contributed by atoms with E-state index in [9.17, 15) is 9.59 Å². The Kier molecular flexibility index (Phi) is 3.90. The third-order valence-electron chi connectivity index (χ3n) is 4.27. The fourth-order valence-electron chi connectivity index (χ4n) is 3.10. The molecule has 0 aliphatic carbocycles. The zero-order valence-corrected chi connectivity index (χ0v) is 13.6. The number of ketones is 1. The molecule has 0 aromatic heterocycles. The lowest BCUT2D eigenvalue weighted by Gasteiger charge is -2.38. The maximum Gasteiger partial charge on any atom is 0.339 e. The van der Waals surface area contributed by atoms with Crippen LogP contribution in [0.5, 0.6) is 5.75 Å². The molecule has 0 bridgehead atoms. The summed E-state index contributed by atoms with van der Waals surface area (Å²) in [6.45, 7) is 2.42. The summed E-state index contributed by atoms with van der Waals surface area (Å²) in [6, 6.07) is 3.80. The van der Waals surface area contributed by atoms with E-state index in [1.807, 2.05) is 17.9 Å². The molecule has 0 saturated carbocycles. The molecule has 1 aromatic carbocycles. The molecule has 2 aliphatic rings. The van der Waals surface area contributed by atoms with Crippen molar-refractivity contribution < 1.29 is 19.4 Å². The number of methoxy groups -OCH3 is 1. The lowest BCUT2D eigenvalue weighted by Crippen LogP contribution is -2.37. The highest BCUT2D eigenvalue weighted by atomic mass is 35.5. The van der Waals surface area contributed by atoms with Crippen molar-refractivity contribution >= 4 is 29.1 Å². The topological polar surface area (TPSA) is 66.8 Å². The maximum atomic E-state index is 12.2. The summed E-state index contributed by atoms with van der Waals surface area (Å²) in [7, 11) is 1.56. The number of allylic oxidation sites excluding steroid dienone is 1. The molecule has 120 valence electrons. The average molecular weight is 334 g/mol. The molecule has 0 fully saturated rings. The number of carboxylic acids is 1. The van der Waals surface area contributed by atoms with Gasteiger partial charge in [-0.3, -0.25) is 4.79 Å². The molecular formula is C17H16ClNO4. The first-order valence-corrected chi connectivity index (χ1v) is 7.63. The first-order chi connectivity index (χ1) is 10.9. The zero-order valence-electron chi connectivity index (χ0n) is 12.8. The molecule has 23 heavy (non-hydrogen) atoms. The van der Waals surface area contributed by atoms with Gasteiger partial charge in [-0.15, -0.1) is 0 Å². The zero-order chi connectivity index (χ0) is 16.7. The Bertz CT molecular complexity index is 766. The van der Waals surface area contributed by atoms with Crippen LogP contribution in [0.2, 0.25) is 5.02 Å². The first kappa shape index (κ1) is 15.6. The Morgan fingerprint density at radius 3 is 2.83 bits per heavy atom. The van der Waals surface area contributed by atoms with Gasteiger partial charge in [-0.1, -0.05) is 11.6 Å². The fourth-order valence-corrected chi connectivity index (χ4v) is 3.34. The van der Waals surface area contributed by atoms with Gasteiger partial charge in [-0.2, -0.15) is 0 Å². The van der Waals surface area contributed by atoms with Crippen molar-refractivity contribution in [2.45, 2.75) is 19.4 Å². The number of nitrogens with zero attached hydrogens (tertiary/aromatic N) is 1. The van der Waals surface area contributed by atoms with E-state index in [-0.39, 0.29) is 11.6 Å². The minimum absolute atomic E-state index is 0.136. The Morgan fingerprint density at radius 2 is 2.17 bits per heavy atom. The van der Waals surface area contributed by atoms with Crippen molar-refractivity contribution in [2.24, 2.45) is 0 Å². The van der Waals surface area contributed by atoms with Crippen molar-refractivity contribution in [3.63, 3.8) is 0 Å². The molecular weight excluding hydrogens is 318 g/mol. The van der Waals surface area contributed by atoms with Gasteiger partial charge in [0.15, 0.2) is 5.78 Å². The van der Waals surface area contributed by atoms with E-state index in [1.54, 1.807) is 13.2 Å². The molecule has 0 saturated heterocycles. The SMILES string of the molecule is COc1cc2c(cc1Cl)C1=CC(=O)C(C(=O)O)=CCN1C(C)C2. The minimum atomic E-state index is -1.20. The molecule has 1 aromatic rings. The average Bonchev–Trinajstić information content (AvgIpc) is 2.67. The molecule has 1 atom stereocenters. The van der Waals surface area contributed by atoms with Gasteiger partial charge in [0, 0.05) is 29.9 Å². The molecule has 3 rings (SSSR count). The van der Waals surface area contributed by atoms with E-state index in [0.29, 0.717) is 23.0 Å². The van der Waals surface area contributed by atoms with Crippen LogP contribution in [0, 0.1) is 0 Å². The van der Waals surface area contributed by atoms with Crippen LogP contribution in [0.1, 0.15) is 18.1 Å². The van der Waals surface area contributed by atoms with E-state index in [1.165, 1.54) is 12.2 Å². The molecule has 5 nitrogen and oxygen atoms in total. The van der Waals surface area contributed by atoms with Gasteiger partial charge in [0.2, 0.25) is 0 Å². The third-order valence-corrected chi connectivity index (χ3v) is 4.56. The monoisotopic (exact) mass is 333 g/mol. The van der Waals surface area contributed by atoms with Crippen molar-refractivity contribution in [2.75, 3.05) is 13.7 Å². The van der Waals surface area contributed by atoms with Crippen LogP contribution in [0.15, 0.2) is 29.9 Å². The van der Waals surface area contributed by atoms with E-state index >= 15 is 0 Å². The number of fused-ring (bicyclic) bond motifs is 3. The molecule has 2 aliphatic heterocycles. The van der Waals surface area contributed by atoms with Crippen molar-refractivity contribution in [1.82, 2.24) is 4.90 Å². The van der Waals surface area contributed by atoms with Gasteiger partial charge in [0.25, 0.3) is 0 Å². The summed E-state index contributed by atoms with van der Waals surface area (Å²) in [5.74, 6) is -1.11. The minimum Gasteiger partial charge on any atom is -0.495 e. The predicted octanol–water partition coefficient (Wildman–Crippen LogP) is 2.53. The summed E-state index contributed by atoms with van der Waals surface area (Å²) in [5.41, 5.74) is 2.40. The lowest BCUT2D eigenvalue weighted by atomic mass is 9.91. The Hall–Kier alpha value is -2.27. The second-order valence-corrected chi connectivity index (χ2v) is 6.07. The highest BCUT2D eigenvalue weighted by molar-refractivity contribution is 6.32. The summed E-state index contributed by atoms with van der Waals surface area (Å²) in [4.78, 5) is 25.5. The van der Waals surface area contributed by atoms with Crippen LogP contribution in [0.25, 0.3) is 5.70 Å². The van der Waals surface area contributed by atoms with Crippen LogP contribution >= 0.6 is 11.6 Å². The summed E-state index contributed by atoms with van der Waals surface area (Å²) in [5, 5.41) is 9.63. The van der Waals surface area contributed by atoms with Crippen molar-refractivity contribution in [3.05, 3.63) is 46.0 Å². The number of ether oxygens (including phenoxy) is 1. The van der Waals surface area contributed by atoms with E-state index in [4.69, 9.17) is 21.4 Å². The number of hydrogen-bond acceptors (Lipinski definition) is 4. The van der Waals surface area contributed by atoms with E-state index in [2.05, 4.69) is 0 Å². The Balaban J connectivity index is 2.15. The summed E-state index contributed by atoms with van der Waals surface area (Å²) >= 11 is 6.22. The number of halogens is 1. The number of aliphatic carboxylic acids is 1. The maximum absolute atomic E-state index is 12.2. The second-order valence-electron chi connectivity index (χ2n) is 5.67. The number of benzene rings is 1. The third kappa shape index (κ3) is 2.61. The van der Waals surface area contributed by atoms with Gasteiger partial charge >= 0.3 is 5.97 Å². The number of hydrogen-bond donors (Lipinski definition) is 1. The highest BCUT2D eigenvalue weighted by Crippen LogP contribution is 2.38. The summed E-state index contributed by atoms with van der Waals surface area (Å²) in [6.07, 6.45) is 3.63. The molecule has 6 heteroatoms. The number of carbonyl (C=O) groups is 2. The van der Waals surface area contributed by atoms with Crippen LogP contribution in [-0.2, 0) is 16.0 Å². The van der Waals surface area contributed by atoms with Gasteiger partial charge in [0.05, 0.1) is 12.1 Å². The normalized spacial score (nSPS) is 20.0. The number of carbonyl (C=O) groups excluding carboxylic acids is 1. The van der Waals surface area contributed by atoms with E-state index < -0.39 is 11.8 Å². The molecule has 0 radical (unpaired) electrons. The van der Waals surface area contributed by atoms with Crippen LogP contribution < -0.4 is 4.74 Å². The summed E-state index contributed by atoms with van der Waals surface area (Å²) < 4.78 is 5.26. The van der Waals surface area contributed by atoms with Crippen molar-refractivity contribution in [3.8, 4) is 5.75 Å². The largest absolute Gasteiger partial charge is 0.495 e. The molecule has 0 spiro atoms. The highest BCUT2D eigenvalue weighted by Gasteiger charge is 2.31. The molecule has 2 heterocycles. The van der Waals surface area contributed by atoms with Crippen molar-refractivity contribution in [1.29, 1.82) is 0 Å². The number of carboxylic acid groups (broad SMARTS) is 1. The predicted molar refractivity (Wildman–Crippen MR) is 86.6 cm³/mol.